The molecule has 1 N–H and O–H groups in total. The molecule has 0 fully saturated rings. The fraction of sp³-hybridized carbons (Fsp3) is 0.462. The lowest BCUT2D eigenvalue weighted by Crippen LogP contribution is -2.21. The first kappa shape index (κ1) is 13.3. The Labute approximate surface area is 111 Å². The van der Waals surface area contributed by atoms with Gasteiger partial charge in [-0.15, -0.1) is 0 Å². The predicted molar refractivity (Wildman–Crippen MR) is 73.6 cm³/mol. The summed E-state index contributed by atoms with van der Waals surface area (Å²) in [6.45, 7) is 2.92. The van der Waals surface area contributed by atoms with Crippen molar-refractivity contribution in [3.63, 3.8) is 0 Å². The van der Waals surface area contributed by atoms with Gasteiger partial charge in [0.25, 0.3) is 0 Å². The summed E-state index contributed by atoms with van der Waals surface area (Å²) in [5.41, 5.74) is 1.61. The third-order valence-corrected chi connectivity index (χ3v) is 3.19. The molecule has 0 saturated heterocycles. The van der Waals surface area contributed by atoms with E-state index in [0.29, 0.717) is 11.3 Å². The summed E-state index contributed by atoms with van der Waals surface area (Å²) in [5.74, 6) is -0.961. The molecule has 0 atom stereocenters. The van der Waals surface area contributed by atoms with Crippen LogP contribution in [0.4, 0.5) is 5.69 Å². The van der Waals surface area contributed by atoms with Crippen LogP contribution in [-0.4, -0.2) is 39.4 Å². The Kier molecular flexibility index (Phi) is 3.69. The molecular weight excluding hydrogens is 244 g/mol. The smallest absolute Gasteiger partial charge is 0.339 e. The van der Waals surface area contributed by atoms with Crippen LogP contribution in [0.3, 0.4) is 0 Å². The average Bonchev–Trinajstić information content (AvgIpc) is 2.76. The van der Waals surface area contributed by atoms with Gasteiger partial charge < -0.3 is 10.0 Å². The van der Waals surface area contributed by atoms with Crippen LogP contribution in [0.1, 0.15) is 30.1 Å². The van der Waals surface area contributed by atoms with Gasteiger partial charge in [-0.3, -0.25) is 4.68 Å². The van der Waals surface area contributed by atoms with Crippen molar-refractivity contribution in [1.29, 1.82) is 0 Å². The van der Waals surface area contributed by atoms with E-state index in [4.69, 9.17) is 0 Å². The normalized spacial score (nSPS) is 10.9. The molecular formula is C13H18N4O2. The number of hydrogen-bond donors (Lipinski definition) is 1. The Hall–Kier alpha value is -2.11. The number of aryl methyl sites for hydroxylation is 1. The molecule has 0 saturated carbocycles. The number of carboxylic acid groups (broad SMARTS) is 1. The molecule has 0 radical (unpaired) electrons. The molecule has 6 nitrogen and oxygen atoms in total. The SMILES string of the molecule is CCCCN(C)c1c(C(=O)O)cnc2c1cnn2C. The summed E-state index contributed by atoms with van der Waals surface area (Å²) in [4.78, 5) is 17.5. The van der Waals surface area contributed by atoms with Crippen LogP contribution in [0.5, 0.6) is 0 Å². The first-order valence-electron chi connectivity index (χ1n) is 6.31. The first-order chi connectivity index (χ1) is 9.06. The molecule has 2 aromatic rings. The summed E-state index contributed by atoms with van der Waals surface area (Å²) in [6, 6.07) is 0. The molecule has 0 aliphatic carbocycles. The molecule has 0 spiro atoms. The van der Waals surface area contributed by atoms with Crippen molar-refractivity contribution in [3.8, 4) is 0 Å². The number of rotatable bonds is 5. The second-order valence-electron chi connectivity index (χ2n) is 4.61. The van der Waals surface area contributed by atoms with Gasteiger partial charge in [-0.2, -0.15) is 5.10 Å². The lowest BCUT2D eigenvalue weighted by atomic mass is 10.1. The van der Waals surface area contributed by atoms with Crippen LogP contribution in [-0.2, 0) is 7.05 Å². The predicted octanol–water partition coefficient (Wildman–Crippen LogP) is 1.90. The number of hydrogen-bond acceptors (Lipinski definition) is 4. The van der Waals surface area contributed by atoms with E-state index in [1.807, 2.05) is 11.9 Å². The highest BCUT2D eigenvalue weighted by molar-refractivity contribution is 6.03. The molecule has 0 aliphatic heterocycles. The minimum Gasteiger partial charge on any atom is -0.478 e. The maximum Gasteiger partial charge on any atom is 0.339 e. The number of aromatic nitrogens is 3. The number of carboxylic acids is 1. The van der Waals surface area contributed by atoms with Crippen LogP contribution in [0.25, 0.3) is 11.0 Å². The Morgan fingerprint density at radius 2 is 2.21 bits per heavy atom. The largest absolute Gasteiger partial charge is 0.478 e. The minimum absolute atomic E-state index is 0.221. The Balaban J connectivity index is 2.58. The zero-order chi connectivity index (χ0) is 14.0. The van der Waals surface area contributed by atoms with Crippen molar-refractivity contribution < 1.29 is 9.90 Å². The molecule has 0 aliphatic rings. The highest BCUT2D eigenvalue weighted by Crippen LogP contribution is 2.28. The van der Waals surface area contributed by atoms with Crippen LogP contribution >= 0.6 is 0 Å². The van der Waals surface area contributed by atoms with Crippen LogP contribution in [0.2, 0.25) is 0 Å². The van der Waals surface area contributed by atoms with Gasteiger partial charge in [-0.05, 0) is 6.42 Å². The molecule has 2 aromatic heterocycles. The Morgan fingerprint density at radius 3 is 2.84 bits per heavy atom. The molecule has 0 bridgehead atoms. The first-order valence-corrected chi connectivity index (χ1v) is 6.31. The number of unbranched alkanes of at least 4 members (excludes halogenated alkanes) is 1. The monoisotopic (exact) mass is 262 g/mol. The lowest BCUT2D eigenvalue weighted by molar-refractivity contribution is 0.0697. The number of nitrogens with zero attached hydrogens (tertiary/aromatic N) is 4. The summed E-state index contributed by atoms with van der Waals surface area (Å²) < 4.78 is 1.65. The highest BCUT2D eigenvalue weighted by Gasteiger charge is 2.19. The molecule has 102 valence electrons. The molecule has 2 rings (SSSR count). The zero-order valence-electron chi connectivity index (χ0n) is 11.4. The van der Waals surface area contributed by atoms with E-state index >= 15 is 0 Å². The fourth-order valence-corrected chi connectivity index (χ4v) is 2.16. The van der Waals surface area contributed by atoms with Gasteiger partial charge in [-0.25, -0.2) is 9.78 Å². The fourth-order valence-electron chi connectivity index (χ4n) is 2.16. The lowest BCUT2D eigenvalue weighted by Gasteiger charge is -2.21. The van der Waals surface area contributed by atoms with Gasteiger partial charge in [0.1, 0.15) is 5.56 Å². The van der Waals surface area contributed by atoms with Gasteiger partial charge in [-0.1, -0.05) is 13.3 Å². The van der Waals surface area contributed by atoms with Crippen LogP contribution in [0, 0.1) is 0 Å². The van der Waals surface area contributed by atoms with Crippen molar-refractivity contribution in [2.75, 3.05) is 18.5 Å². The second kappa shape index (κ2) is 5.26. The standard InChI is InChI=1S/C13H18N4O2/c1-4-5-6-16(2)11-9-8-15-17(3)12(9)14-7-10(11)13(18)19/h7-8H,4-6H2,1-3H3,(H,18,19). The van der Waals surface area contributed by atoms with E-state index in [1.165, 1.54) is 6.20 Å². The minimum atomic E-state index is -0.961. The van der Waals surface area contributed by atoms with Crippen molar-refractivity contribution in [3.05, 3.63) is 18.0 Å². The number of anilines is 1. The maximum absolute atomic E-state index is 11.4. The molecule has 6 heteroatoms. The van der Waals surface area contributed by atoms with E-state index in [9.17, 15) is 9.90 Å². The molecule has 2 heterocycles. The average molecular weight is 262 g/mol. The van der Waals surface area contributed by atoms with Crippen molar-refractivity contribution in [2.24, 2.45) is 7.05 Å². The van der Waals surface area contributed by atoms with Crippen molar-refractivity contribution in [2.45, 2.75) is 19.8 Å². The quantitative estimate of drug-likeness (QED) is 0.891. The van der Waals surface area contributed by atoms with Gasteiger partial charge in [0.2, 0.25) is 0 Å². The van der Waals surface area contributed by atoms with Gasteiger partial charge >= 0.3 is 5.97 Å². The summed E-state index contributed by atoms with van der Waals surface area (Å²) in [6.07, 6.45) is 5.16. The van der Waals surface area contributed by atoms with E-state index in [-0.39, 0.29) is 5.56 Å². The number of pyridine rings is 1. The number of fused-ring (bicyclic) bond motifs is 1. The van der Waals surface area contributed by atoms with Crippen molar-refractivity contribution >= 4 is 22.7 Å². The third-order valence-electron chi connectivity index (χ3n) is 3.19. The van der Waals surface area contributed by atoms with Crippen molar-refractivity contribution in [1.82, 2.24) is 14.8 Å². The number of carbonyl (C=O) groups is 1. The summed E-state index contributed by atoms with van der Waals surface area (Å²) in [7, 11) is 3.70. The van der Waals surface area contributed by atoms with Gasteiger partial charge in [0, 0.05) is 26.8 Å². The third kappa shape index (κ3) is 2.38. The molecule has 0 amide bonds. The molecule has 0 unspecified atom stereocenters. The van der Waals surface area contributed by atoms with Gasteiger partial charge in [0.15, 0.2) is 5.65 Å². The van der Waals surface area contributed by atoms with E-state index < -0.39 is 5.97 Å². The number of aromatic carboxylic acids is 1. The highest BCUT2D eigenvalue weighted by atomic mass is 16.4. The van der Waals surface area contributed by atoms with Crippen LogP contribution in [0.15, 0.2) is 12.4 Å². The van der Waals surface area contributed by atoms with E-state index in [2.05, 4.69) is 17.0 Å². The van der Waals surface area contributed by atoms with E-state index in [0.717, 1.165) is 24.8 Å². The Bertz CT molecular complexity index is 606. The molecule has 19 heavy (non-hydrogen) atoms. The van der Waals surface area contributed by atoms with Crippen LogP contribution < -0.4 is 4.90 Å². The van der Waals surface area contributed by atoms with Gasteiger partial charge in [0.05, 0.1) is 17.3 Å². The Morgan fingerprint density at radius 1 is 1.47 bits per heavy atom. The summed E-state index contributed by atoms with van der Waals surface area (Å²) in [5, 5.41) is 14.2. The molecule has 0 aromatic carbocycles. The zero-order valence-corrected chi connectivity index (χ0v) is 11.4. The topological polar surface area (TPSA) is 71.2 Å². The summed E-state index contributed by atoms with van der Waals surface area (Å²) >= 11 is 0. The maximum atomic E-state index is 11.4. The van der Waals surface area contributed by atoms with E-state index in [1.54, 1.807) is 17.9 Å². The second-order valence-corrected chi connectivity index (χ2v) is 4.61.